The number of hydrogen-bond donors (Lipinski definition) is 2. The second kappa shape index (κ2) is 20.8. The third-order valence-electron chi connectivity index (χ3n) is 7.62. The molecule has 0 saturated carbocycles. The molecule has 27 heteroatoms. The summed E-state index contributed by atoms with van der Waals surface area (Å²) in [6, 6.07) is 7.35. The normalized spacial score (nSPS) is 11.5. The van der Waals surface area contributed by atoms with Gasteiger partial charge in [0.2, 0.25) is 10.0 Å². The summed E-state index contributed by atoms with van der Waals surface area (Å²) < 4.78 is 102. The summed E-state index contributed by atoms with van der Waals surface area (Å²) in [6.07, 6.45) is -3.77. The Bertz CT molecular complexity index is 2590. The van der Waals surface area contributed by atoms with Crippen LogP contribution in [0.25, 0.3) is 5.69 Å². The summed E-state index contributed by atoms with van der Waals surface area (Å²) in [7, 11) is -3.72. The summed E-state index contributed by atoms with van der Waals surface area (Å²) in [4.78, 5) is 45.2. The average Bonchev–Trinajstić information content (AvgIpc) is 3.43. The van der Waals surface area contributed by atoms with Crippen LogP contribution in [0.1, 0.15) is 49.4 Å². The first-order valence-electron chi connectivity index (χ1n) is 17.1. The number of aromatic nitrogens is 3. The first-order chi connectivity index (χ1) is 28.6. The number of sulfonamides is 1. The van der Waals surface area contributed by atoms with E-state index in [4.69, 9.17) is 52.8 Å². The van der Waals surface area contributed by atoms with Crippen LogP contribution in [0.5, 0.6) is 0 Å². The molecule has 0 saturated heterocycles. The third-order valence-corrected chi connectivity index (χ3v) is 9.26. The molecule has 16 nitrogen and oxygen atoms in total. The van der Waals surface area contributed by atoms with Crippen molar-refractivity contribution in [1.29, 1.82) is 0 Å². The van der Waals surface area contributed by atoms with Crippen LogP contribution >= 0.6 is 46.4 Å². The molecule has 342 valence electrons. The lowest BCUT2D eigenvalue weighted by Crippen LogP contribution is -2.42. The van der Waals surface area contributed by atoms with Crippen LogP contribution in [0.15, 0.2) is 59.4 Å². The zero-order chi connectivity index (χ0) is 48.7. The van der Waals surface area contributed by atoms with Crippen LogP contribution in [0, 0.1) is 39.5 Å². The molecular formula is C36H34Cl4F6N8O8S. The van der Waals surface area contributed by atoms with E-state index in [1.54, 1.807) is 33.8 Å². The molecule has 0 bridgehead atoms. The summed E-state index contributed by atoms with van der Waals surface area (Å²) in [6.45, 7) is 11.4. The van der Waals surface area contributed by atoms with E-state index in [2.05, 4.69) is 27.6 Å². The van der Waals surface area contributed by atoms with Crippen LogP contribution in [-0.4, -0.2) is 63.4 Å². The number of carbonyl (C=O) groups excluding carboxylic acids is 1. The van der Waals surface area contributed by atoms with Crippen molar-refractivity contribution in [3.8, 4) is 18.0 Å². The predicted molar refractivity (Wildman–Crippen MR) is 227 cm³/mol. The number of rotatable bonds is 11. The number of hydrogen-bond acceptors (Lipinski definition) is 10. The number of benzene rings is 3. The average molecular weight is 995 g/mol. The van der Waals surface area contributed by atoms with E-state index in [9.17, 15) is 64.6 Å². The number of likely N-dealkylation sites (N-methyl/N-ethyl adjacent to an activating group) is 1. The SMILES string of the molecule is C#CC(C)(C)NC(=O)c1cc(Cl)cc(Cl)c1.C=C(C)CN(CC)c1c([N+](=O)[O-])cc(C(F)(F)F)cc1[N+](=O)[O-].Cc1nn(-c2cc(NS(C)(=O)=O)c(Cl)cc2Cl)c(=O)n1C(F)(F)F. The number of terminal acetylenes is 1. The second-order valence-corrected chi connectivity index (χ2v) is 16.9. The van der Waals surface area contributed by atoms with Gasteiger partial charge >= 0.3 is 18.2 Å². The summed E-state index contributed by atoms with van der Waals surface area (Å²) in [5, 5.41) is 29.0. The van der Waals surface area contributed by atoms with Gasteiger partial charge in [0.1, 0.15) is 5.82 Å². The van der Waals surface area contributed by atoms with Crippen LogP contribution in [0.4, 0.5) is 49.1 Å². The standard InChI is InChI=1S/C13H14F3N3O4.C12H11Cl2NO.C11H9Cl2F3N4O3S/c1-4-17(7-8(2)3)12-10(18(20)21)5-9(13(14,15)16)6-11(12)19(22)23;1-4-12(2,3)15-11(16)8-5-9(13)7-10(14)6-8;1-5-17-20(10(21)19(5)11(14,15)16)9-4-8(18-24(2,22)23)6(12)3-7(9)13/h5-6H,2,4,7H2,1,3H3;1,5-7H,2-3H3,(H,15,16);3-4,18H,1-2H3. The highest BCUT2D eigenvalue weighted by Gasteiger charge is 2.39. The molecular weight excluding hydrogens is 960 g/mol. The lowest BCUT2D eigenvalue weighted by atomic mass is 10.1. The van der Waals surface area contributed by atoms with Crippen molar-refractivity contribution < 1.29 is 49.4 Å². The number of halogens is 10. The number of nitro groups is 2. The van der Waals surface area contributed by atoms with E-state index in [0.29, 0.717) is 38.0 Å². The van der Waals surface area contributed by atoms with E-state index in [-0.39, 0.29) is 40.4 Å². The van der Waals surface area contributed by atoms with E-state index in [1.165, 1.54) is 17.0 Å². The Morgan fingerprint density at radius 1 is 0.952 bits per heavy atom. The van der Waals surface area contributed by atoms with Crippen molar-refractivity contribution in [3.63, 3.8) is 0 Å². The maximum Gasteiger partial charge on any atom is 0.494 e. The number of nitro benzene ring substituents is 2. The molecule has 0 unspecified atom stereocenters. The zero-order valence-electron chi connectivity index (χ0n) is 33.4. The topological polar surface area (TPSA) is 205 Å². The minimum Gasteiger partial charge on any atom is -0.357 e. The molecule has 0 atom stereocenters. The fourth-order valence-electron chi connectivity index (χ4n) is 5.01. The molecule has 63 heavy (non-hydrogen) atoms. The van der Waals surface area contributed by atoms with Crippen LogP contribution in [0.3, 0.4) is 0 Å². The van der Waals surface area contributed by atoms with Gasteiger partial charge in [0, 0.05) is 40.8 Å². The highest BCUT2D eigenvalue weighted by Crippen LogP contribution is 2.43. The summed E-state index contributed by atoms with van der Waals surface area (Å²) >= 11 is 23.3. The number of nitrogens with zero attached hydrogens (tertiary/aromatic N) is 6. The maximum absolute atomic E-state index is 12.9. The first kappa shape index (κ1) is 53.6. The maximum atomic E-state index is 12.9. The fourth-order valence-corrected chi connectivity index (χ4v) is 6.67. The number of nitrogens with one attached hydrogen (secondary N) is 2. The molecule has 1 amide bonds. The summed E-state index contributed by atoms with van der Waals surface area (Å²) in [5.74, 6) is 1.56. The number of anilines is 2. The van der Waals surface area contributed by atoms with Gasteiger partial charge in [-0.25, -0.2) is 13.2 Å². The number of carbonyl (C=O) groups is 1. The van der Waals surface area contributed by atoms with Gasteiger partial charge in [0.15, 0.2) is 5.69 Å². The van der Waals surface area contributed by atoms with Crippen molar-refractivity contribution in [1.82, 2.24) is 19.7 Å². The Morgan fingerprint density at radius 3 is 1.84 bits per heavy atom. The second-order valence-electron chi connectivity index (χ2n) is 13.4. The molecule has 1 aromatic heterocycles. The zero-order valence-corrected chi connectivity index (χ0v) is 37.2. The predicted octanol–water partition coefficient (Wildman–Crippen LogP) is 9.56. The molecule has 4 aromatic rings. The molecule has 3 aromatic carbocycles. The van der Waals surface area contributed by atoms with Crippen molar-refractivity contribution >= 4 is 85.1 Å². The van der Waals surface area contributed by atoms with Crippen molar-refractivity contribution in [3.05, 3.63) is 122 Å². The third kappa shape index (κ3) is 15.1. The first-order valence-corrected chi connectivity index (χ1v) is 20.5. The van der Waals surface area contributed by atoms with Crippen LogP contribution < -0.4 is 20.6 Å². The van der Waals surface area contributed by atoms with E-state index < -0.39 is 76.6 Å². The Hall–Kier alpha value is -5.54. The van der Waals surface area contributed by atoms with E-state index >= 15 is 0 Å². The number of aryl methyl sites for hydroxylation is 1. The monoisotopic (exact) mass is 992 g/mol. The highest BCUT2D eigenvalue weighted by atomic mass is 35.5. The van der Waals surface area contributed by atoms with Crippen molar-refractivity contribution in [2.75, 3.05) is 29.0 Å². The lowest BCUT2D eigenvalue weighted by Gasteiger charge is -2.23. The van der Waals surface area contributed by atoms with E-state index in [1.807, 2.05) is 0 Å². The smallest absolute Gasteiger partial charge is 0.357 e. The van der Waals surface area contributed by atoms with Gasteiger partial charge in [0.25, 0.3) is 17.3 Å². The largest absolute Gasteiger partial charge is 0.494 e. The molecule has 0 aliphatic rings. The molecule has 0 spiro atoms. The van der Waals surface area contributed by atoms with Gasteiger partial charge in [-0.05, 0) is 65.0 Å². The number of amides is 1. The Morgan fingerprint density at radius 2 is 1.46 bits per heavy atom. The van der Waals surface area contributed by atoms with E-state index in [0.717, 1.165) is 25.3 Å². The fraction of sp³-hybridized carbons (Fsp3) is 0.306. The van der Waals surface area contributed by atoms with Gasteiger partial charge in [-0.3, -0.25) is 29.7 Å². The minimum absolute atomic E-state index is 0.0452. The molecule has 0 aliphatic carbocycles. The molecule has 0 radical (unpaired) electrons. The van der Waals surface area contributed by atoms with Gasteiger partial charge < -0.3 is 10.2 Å². The lowest BCUT2D eigenvalue weighted by molar-refractivity contribution is -0.393. The van der Waals surface area contributed by atoms with Gasteiger partial charge in [-0.2, -0.15) is 22.4 Å². The highest BCUT2D eigenvalue weighted by molar-refractivity contribution is 7.92. The van der Waals surface area contributed by atoms with Gasteiger partial charge in [-0.1, -0.05) is 64.5 Å². The molecule has 4 rings (SSSR count). The van der Waals surface area contributed by atoms with Gasteiger partial charge in [0.05, 0.1) is 48.6 Å². The minimum atomic E-state index is -4.97. The molecule has 0 fully saturated rings. The van der Waals surface area contributed by atoms with Crippen molar-refractivity contribution in [2.45, 2.75) is 52.6 Å². The van der Waals surface area contributed by atoms with Crippen molar-refractivity contribution in [2.24, 2.45) is 0 Å². The molecule has 0 aliphatic heterocycles. The van der Waals surface area contributed by atoms with Crippen LogP contribution in [-0.2, 0) is 22.5 Å². The quantitative estimate of drug-likeness (QED) is 0.0479. The van der Waals surface area contributed by atoms with Gasteiger partial charge in [-0.15, -0.1) is 24.7 Å². The molecule has 2 N–H and O–H groups in total. The Kier molecular flexibility index (Phi) is 17.7. The Labute approximate surface area is 374 Å². The van der Waals surface area contributed by atoms with Crippen LogP contribution in [0.2, 0.25) is 20.1 Å². The number of alkyl halides is 6. The molecule has 1 heterocycles. The Balaban J connectivity index is 0.000000332. The summed E-state index contributed by atoms with van der Waals surface area (Å²) in [5.41, 5.74) is -5.52.